The Morgan fingerprint density at radius 1 is 1.21 bits per heavy atom. The quantitative estimate of drug-likeness (QED) is 0.645. The van der Waals surface area contributed by atoms with Gasteiger partial charge in [0, 0.05) is 44.0 Å². The standard InChI is InChI=1S/C21H22F3N3O4.C2H2/c1-3-4-5-12-9-26(2)21(31)17-19(29)18(28)14(10-27(12)17)20(30)25-8-13-15(23)6-11(22)7-16(13)24;1-2/h6-7,10,12,29H,3-5,8-9H2,1-2H3,(H,25,30);1-2H/t12-;/m1./s1. The maximum atomic E-state index is 13.8. The highest BCUT2D eigenvalue weighted by Crippen LogP contribution is 2.28. The number of terminal acetylenes is 1. The largest absolute Gasteiger partial charge is 0.503 e. The SMILES string of the molecule is C#C.CCCC[C@@H]1CN(C)C(=O)c2c(O)c(=O)c(C(=O)NCc3c(F)cc(F)cc3F)cn21. The molecule has 176 valence electrons. The summed E-state index contributed by atoms with van der Waals surface area (Å²) in [5.41, 5.74) is -2.31. The Labute approximate surface area is 188 Å². The highest BCUT2D eigenvalue weighted by molar-refractivity contribution is 5.99. The van der Waals surface area contributed by atoms with Crippen molar-refractivity contribution in [1.29, 1.82) is 0 Å². The Balaban J connectivity index is 0.00000187. The molecule has 1 aliphatic heterocycles. The van der Waals surface area contributed by atoms with Crippen LogP contribution in [0.2, 0.25) is 0 Å². The first-order chi connectivity index (χ1) is 15.6. The first-order valence-electron chi connectivity index (χ1n) is 10.1. The van der Waals surface area contributed by atoms with Crippen molar-refractivity contribution in [3.8, 4) is 18.6 Å². The van der Waals surface area contributed by atoms with E-state index in [1.165, 1.54) is 15.7 Å². The number of aromatic nitrogens is 1. The van der Waals surface area contributed by atoms with Gasteiger partial charge in [-0.15, -0.1) is 12.8 Å². The predicted molar refractivity (Wildman–Crippen MR) is 115 cm³/mol. The van der Waals surface area contributed by atoms with E-state index < -0.39 is 58.1 Å². The van der Waals surface area contributed by atoms with Crippen LogP contribution in [0.3, 0.4) is 0 Å². The highest BCUT2D eigenvalue weighted by Gasteiger charge is 2.33. The first-order valence-corrected chi connectivity index (χ1v) is 10.1. The van der Waals surface area contributed by atoms with Crippen LogP contribution in [0, 0.1) is 30.3 Å². The number of hydrogen-bond donors (Lipinski definition) is 2. The minimum absolute atomic E-state index is 0.202. The summed E-state index contributed by atoms with van der Waals surface area (Å²) >= 11 is 0. The van der Waals surface area contributed by atoms with E-state index in [0.29, 0.717) is 25.1 Å². The molecule has 0 spiro atoms. The number of carbonyl (C=O) groups is 2. The number of amides is 2. The first kappa shape index (κ1) is 25.5. The number of likely N-dealkylation sites (N-methyl/N-ethyl adjacent to an activating group) is 1. The van der Waals surface area contributed by atoms with Crippen molar-refractivity contribution in [3.05, 3.63) is 62.8 Å². The van der Waals surface area contributed by atoms with Crippen molar-refractivity contribution in [1.82, 2.24) is 14.8 Å². The number of fused-ring (bicyclic) bond motifs is 1. The molecule has 2 N–H and O–H groups in total. The third-order valence-electron chi connectivity index (χ3n) is 5.30. The number of aromatic hydroxyl groups is 1. The van der Waals surface area contributed by atoms with Gasteiger partial charge in [-0.05, 0) is 6.42 Å². The second kappa shape index (κ2) is 10.7. The van der Waals surface area contributed by atoms with Crippen LogP contribution in [-0.4, -0.2) is 40.0 Å². The fourth-order valence-electron chi connectivity index (χ4n) is 3.62. The van der Waals surface area contributed by atoms with Crippen molar-refractivity contribution in [2.24, 2.45) is 0 Å². The number of rotatable bonds is 6. The van der Waals surface area contributed by atoms with Gasteiger partial charge in [-0.3, -0.25) is 14.4 Å². The molecule has 1 aromatic carbocycles. The number of carbonyl (C=O) groups excluding carboxylic acids is 2. The monoisotopic (exact) mass is 463 g/mol. The van der Waals surface area contributed by atoms with Crippen LogP contribution in [0.1, 0.15) is 58.6 Å². The summed E-state index contributed by atoms with van der Waals surface area (Å²) in [5.74, 6) is -5.86. The van der Waals surface area contributed by atoms with Gasteiger partial charge in [-0.25, -0.2) is 13.2 Å². The molecule has 1 aromatic heterocycles. The van der Waals surface area contributed by atoms with Gasteiger partial charge >= 0.3 is 0 Å². The van der Waals surface area contributed by atoms with Crippen LogP contribution in [0.5, 0.6) is 5.75 Å². The lowest BCUT2D eigenvalue weighted by atomic mass is 10.0. The molecular formula is C23H24F3N3O4. The highest BCUT2D eigenvalue weighted by atomic mass is 19.1. The lowest BCUT2D eigenvalue weighted by Crippen LogP contribution is -2.43. The van der Waals surface area contributed by atoms with Crippen LogP contribution in [-0.2, 0) is 6.54 Å². The second-order valence-electron chi connectivity index (χ2n) is 7.49. The van der Waals surface area contributed by atoms with Crippen LogP contribution in [0.15, 0.2) is 23.1 Å². The van der Waals surface area contributed by atoms with Crippen LogP contribution >= 0.6 is 0 Å². The van der Waals surface area contributed by atoms with Gasteiger partial charge in [0.1, 0.15) is 23.0 Å². The Hall–Kier alpha value is -3.74. The van der Waals surface area contributed by atoms with E-state index in [0.717, 1.165) is 12.8 Å². The van der Waals surface area contributed by atoms with Crippen molar-refractivity contribution < 1.29 is 27.9 Å². The van der Waals surface area contributed by atoms with E-state index in [1.54, 1.807) is 7.05 Å². The van der Waals surface area contributed by atoms with E-state index >= 15 is 0 Å². The molecule has 0 bridgehead atoms. The Bertz CT molecular complexity index is 1120. The number of nitrogens with one attached hydrogen (secondary N) is 1. The fourth-order valence-corrected chi connectivity index (χ4v) is 3.62. The normalized spacial score (nSPS) is 14.8. The smallest absolute Gasteiger partial charge is 0.274 e. The molecule has 0 radical (unpaired) electrons. The summed E-state index contributed by atoms with van der Waals surface area (Å²) < 4.78 is 42.1. The predicted octanol–water partition coefficient (Wildman–Crippen LogP) is 2.97. The second-order valence-corrected chi connectivity index (χ2v) is 7.49. The molecule has 1 atom stereocenters. The lowest BCUT2D eigenvalue weighted by molar-refractivity contribution is 0.0701. The van der Waals surface area contributed by atoms with Crippen LogP contribution in [0.25, 0.3) is 0 Å². The Morgan fingerprint density at radius 2 is 1.82 bits per heavy atom. The number of pyridine rings is 1. The fraction of sp³-hybridized carbons (Fsp3) is 0.348. The minimum atomic E-state index is -1.18. The maximum absolute atomic E-state index is 13.8. The van der Waals surface area contributed by atoms with E-state index in [4.69, 9.17) is 0 Å². The van der Waals surface area contributed by atoms with Gasteiger partial charge in [0.15, 0.2) is 11.4 Å². The molecule has 3 rings (SSSR count). The molecule has 0 fully saturated rings. The number of nitrogens with zero attached hydrogens (tertiary/aromatic N) is 2. The van der Waals surface area contributed by atoms with E-state index in [9.17, 15) is 32.7 Å². The third-order valence-corrected chi connectivity index (χ3v) is 5.30. The molecule has 7 nitrogen and oxygen atoms in total. The lowest BCUT2D eigenvalue weighted by Gasteiger charge is -2.34. The van der Waals surface area contributed by atoms with Crippen LogP contribution in [0.4, 0.5) is 13.2 Å². The summed E-state index contributed by atoms with van der Waals surface area (Å²) in [5, 5.41) is 12.6. The van der Waals surface area contributed by atoms with Gasteiger partial charge in [0.05, 0.1) is 6.04 Å². The maximum Gasteiger partial charge on any atom is 0.274 e. The topological polar surface area (TPSA) is 91.6 Å². The average molecular weight is 463 g/mol. The Kier molecular flexibility index (Phi) is 8.29. The zero-order valence-corrected chi connectivity index (χ0v) is 18.2. The number of halogens is 3. The summed E-state index contributed by atoms with van der Waals surface area (Å²) in [6, 6.07) is 0.692. The number of unbranched alkanes of at least 4 members (excludes halogenated alkanes) is 1. The Morgan fingerprint density at radius 3 is 2.39 bits per heavy atom. The third kappa shape index (κ3) is 5.19. The molecule has 2 aromatic rings. The van der Waals surface area contributed by atoms with Gasteiger partial charge in [0.2, 0.25) is 5.43 Å². The zero-order chi connectivity index (χ0) is 24.9. The molecule has 0 saturated carbocycles. The van der Waals surface area contributed by atoms with E-state index in [-0.39, 0.29) is 11.7 Å². The van der Waals surface area contributed by atoms with Gasteiger partial charge < -0.3 is 19.9 Å². The molecule has 1 aliphatic rings. The average Bonchev–Trinajstić information content (AvgIpc) is 2.77. The van der Waals surface area contributed by atoms with Gasteiger partial charge in [0.25, 0.3) is 11.8 Å². The summed E-state index contributed by atoms with van der Waals surface area (Å²) in [7, 11) is 1.56. The van der Waals surface area contributed by atoms with Crippen molar-refractivity contribution in [2.75, 3.05) is 13.6 Å². The molecule has 0 aliphatic carbocycles. The molecule has 0 saturated heterocycles. The van der Waals surface area contributed by atoms with Crippen molar-refractivity contribution >= 4 is 11.8 Å². The van der Waals surface area contributed by atoms with E-state index in [1.807, 2.05) is 6.92 Å². The number of hydrogen-bond acceptors (Lipinski definition) is 4. The summed E-state index contributed by atoms with van der Waals surface area (Å²) in [4.78, 5) is 39.0. The molecule has 33 heavy (non-hydrogen) atoms. The summed E-state index contributed by atoms with van der Waals surface area (Å²) in [6.07, 6.45) is 11.5. The number of benzene rings is 1. The van der Waals surface area contributed by atoms with Crippen LogP contribution < -0.4 is 10.7 Å². The molecule has 2 heterocycles. The molecule has 10 heteroatoms. The zero-order valence-electron chi connectivity index (χ0n) is 18.2. The van der Waals surface area contributed by atoms with E-state index in [2.05, 4.69) is 18.2 Å². The van der Waals surface area contributed by atoms with Crippen molar-refractivity contribution in [2.45, 2.75) is 38.8 Å². The molecular weight excluding hydrogens is 439 g/mol. The summed E-state index contributed by atoms with van der Waals surface area (Å²) in [6.45, 7) is 1.69. The minimum Gasteiger partial charge on any atom is -0.503 e. The molecule has 0 unspecified atom stereocenters. The van der Waals surface area contributed by atoms with Crippen molar-refractivity contribution in [3.63, 3.8) is 0 Å². The van der Waals surface area contributed by atoms with Gasteiger partial charge in [-0.2, -0.15) is 0 Å². The molecule has 2 amide bonds. The van der Waals surface area contributed by atoms with Gasteiger partial charge in [-0.1, -0.05) is 19.8 Å².